The molecule has 0 saturated heterocycles. The Balaban J connectivity index is 1.99. The molecule has 2 heterocycles. The van der Waals surface area contributed by atoms with Gasteiger partial charge in [0, 0.05) is 13.2 Å². The summed E-state index contributed by atoms with van der Waals surface area (Å²) in [5, 5.41) is 3.13. The zero-order chi connectivity index (χ0) is 19.4. The van der Waals surface area contributed by atoms with E-state index in [-0.39, 0.29) is 0 Å². The van der Waals surface area contributed by atoms with Gasteiger partial charge in [-0.25, -0.2) is 19.7 Å². The second-order valence-electron chi connectivity index (χ2n) is 5.82. The maximum atomic E-state index is 12.1. The number of aryl methyl sites for hydroxylation is 1. The predicted molar refractivity (Wildman–Crippen MR) is 105 cm³/mol. The van der Waals surface area contributed by atoms with E-state index in [9.17, 15) is 4.79 Å². The van der Waals surface area contributed by atoms with Crippen molar-refractivity contribution in [2.75, 3.05) is 30.1 Å². The fourth-order valence-corrected chi connectivity index (χ4v) is 2.64. The minimum Gasteiger partial charge on any atom is -0.465 e. The predicted octanol–water partition coefficient (Wildman–Crippen LogP) is 3.06. The van der Waals surface area contributed by atoms with Crippen molar-refractivity contribution in [2.24, 2.45) is 0 Å². The Hall–Kier alpha value is -3.68. The van der Waals surface area contributed by atoms with Crippen LogP contribution in [-0.4, -0.2) is 35.1 Å². The van der Waals surface area contributed by atoms with Crippen LogP contribution < -0.4 is 16.0 Å². The largest absolute Gasteiger partial charge is 0.465 e. The lowest BCUT2D eigenvalue weighted by Crippen LogP contribution is -2.18. The third kappa shape index (κ3) is 3.64. The number of hydrogen-bond donors (Lipinski definition) is 2. The highest BCUT2D eigenvalue weighted by Gasteiger charge is 2.19. The molecule has 1 aromatic carbocycles. The van der Waals surface area contributed by atoms with Gasteiger partial charge in [-0.15, -0.1) is 0 Å². The van der Waals surface area contributed by atoms with E-state index in [1.807, 2.05) is 25.1 Å². The monoisotopic (exact) mass is 364 g/mol. The second-order valence-corrected chi connectivity index (χ2v) is 5.82. The molecular formula is C19H20N6O2. The minimum absolute atomic E-state index is 0.338. The quantitative estimate of drug-likeness (QED) is 0.665. The van der Waals surface area contributed by atoms with Gasteiger partial charge in [-0.05, 0) is 30.7 Å². The molecule has 0 radical (unpaired) electrons. The molecule has 27 heavy (non-hydrogen) atoms. The standard InChI is InChI=1S/C19H20N6O2/c1-12-7-6-10-21-16(12)24-17-15(20)18(23-11-22-17)25(2)14-9-5-4-8-13(14)19(26)27-3/h4-11H,20H2,1-3H3,(H,21,22,23,24). The summed E-state index contributed by atoms with van der Waals surface area (Å²) in [6.45, 7) is 1.94. The van der Waals surface area contributed by atoms with Crippen molar-refractivity contribution in [3.63, 3.8) is 0 Å². The van der Waals surface area contributed by atoms with E-state index in [0.29, 0.717) is 34.4 Å². The van der Waals surface area contributed by atoms with Crippen molar-refractivity contribution in [2.45, 2.75) is 6.92 Å². The van der Waals surface area contributed by atoms with Gasteiger partial charge in [-0.3, -0.25) is 0 Å². The number of nitrogens with one attached hydrogen (secondary N) is 1. The molecule has 0 unspecified atom stereocenters. The normalized spacial score (nSPS) is 10.3. The Kier molecular flexibility index (Phi) is 5.16. The van der Waals surface area contributed by atoms with Crippen LogP contribution in [0.4, 0.5) is 28.8 Å². The lowest BCUT2D eigenvalue weighted by molar-refractivity contribution is 0.0601. The maximum absolute atomic E-state index is 12.1. The number of nitrogen functional groups attached to an aromatic ring is 1. The molecular weight excluding hydrogens is 344 g/mol. The summed E-state index contributed by atoms with van der Waals surface area (Å²) in [6.07, 6.45) is 3.09. The first kappa shape index (κ1) is 18.1. The Bertz CT molecular complexity index is 976. The van der Waals surface area contributed by atoms with E-state index in [0.717, 1.165) is 5.56 Å². The Labute approximate surface area is 157 Å². The molecule has 0 aliphatic heterocycles. The number of carbonyl (C=O) groups excluding carboxylic acids is 1. The van der Waals surface area contributed by atoms with Crippen molar-refractivity contribution >= 4 is 34.8 Å². The fraction of sp³-hybridized carbons (Fsp3) is 0.158. The summed E-state index contributed by atoms with van der Waals surface area (Å²) >= 11 is 0. The molecule has 2 aromatic heterocycles. The number of pyridine rings is 1. The van der Waals surface area contributed by atoms with Crippen LogP contribution in [-0.2, 0) is 4.74 Å². The molecule has 3 rings (SSSR count). The first-order chi connectivity index (χ1) is 13.0. The first-order valence-corrected chi connectivity index (χ1v) is 8.23. The van der Waals surface area contributed by atoms with Gasteiger partial charge in [0.25, 0.3) is 0 Å². The van der Waals surface area contributed by atoms with E-state index in [2.05, 4.69) is 20.3 Å². The number of ether oxygens (including phenoxy) is 1. The Morgan fingerprint density at radius 2 is 1.89 bits per heavy atom. The second kappa shape index (κ2) is 7.69. The minimum atomic E-state index is -0.437. The summed E-state index contributed by atoms with van der Waals surface area (Å²) in [5.74, 6) is 1.11. The number of hydrogen-bond acceptors (Lipinski definition) is 8. The van der Waals surface area contributed by atoms with Crippen LogP contribution in [0, 0.1) is 6.92 Å². The molecule has 8 nitrogen and oxygen atoms in total. The summed E-state index contributed by atoms with van der Waals surface area (Å²) in [7, 11) is 3.12. The van der Waals surface area contributed by atoms with Crippen LogP contribution in [0.5, 0.6) is 0 Å². The first-order valence-electron chi connectivity index (χ1n) is 8.23. The highest BCUT2D eigenvalue weighted by Crippen LogP contribution is 2.33. The molecule has 3 aromatic rings. The SMILES string of the molecule is COC(=O)c1ccccc1N(C)c1ncnc(Nc2ncccc2C)c1N. The van der Waals surface area contributed by atoms with Crippen molar-refractivity contribution in [1.82, 2.24) is 15.0 Å². The molecule has 0 atom stereocenters. The number of para-hydroxylation sites is 1. The highest BCUT2D eigenvalue weighted by atomic mass is 16.5. The van der Waals surface area contributed by atoms with Crippen molar-refractivity contribution in [1.29, 1.82) is 0 Å². The van der Waals surface area contributed by atoms with E-state index in [1.54, 1.807) is 36.3 Å². The number of anilines is 5. The van der Waals surface area contributed by atoms with Crippen LogP contribution in [0.1, 0.15) is 15.9 Å². The molecule has 0 aliphatic carbocycles. The van der Waals surface area contributed by atoms with Gasteiger partial charge >= 0.3 is 5.97 Å². The van der Waals surface area contributed by atoms with E-state index in [1.165, 1.54) is 13.4 Å². The van der Waals surface area contributed by atoms with Gasteiger partial charge in [0.2, 0.25) is 0 Å². The van der Waals surface area contributed by atoms with Gasteiger partial charge < -0.3 is 20.7 Å². The molecule has 0 bridgehead atoms. The number of aromatic nitrogens is 3. The molecule has 0 fully saturated rings. The third-order valence-electron chi connectivity index (χ3n) is 4.10. The van der Waals surface area contributed by atoms with Crippen LogP contribution in [0.2, 0.25) is 0 Å². The summed E-state index contributed by atoms with van der Waals surface area (Å²) in [4.78, 5) is 26.6. The number of carbonyl (C=O) groups is 1. The summed E-state index contributed by atoms with van der Waals surface area (Å²) < 4.78 is 4.86. The highest BCUT2D eigenvalue weighted by molar-refractivity contribution is 5.97. The topological polar surface area (TPSA) is 106 Å². The van der Waals surface area contributed by atoms with E-state index < -0.39 is 5.97 Å². The van der Waals surface area contributed by atoms with Crippen molar-refractivity contribution < 1.29 is 9.53 Å². The smallest absolute Gasteiger partial charge is 0.339 e. The number of nitrogens with two attached hydrogens (primary N) is 1. The molecule has 0 saturated carbocycles. The fourth-order valence-electron chi connectivity index (χ4n) is 2.64. The average Bonchev–Trinajstić information content (AvgIpc) is 2.70. The maximum Gasteiger partial charge on any atom is 0.339 e. The van der Waals surface area contributed by atoms with Gasteiger partial charge in [0.05, 0.1) is 18.4 Å². The Morgan fingerprint density at radius 1 is 1.11 bits per heavy atom. The van der Waals surface area contributed by atoms with Gasteiger partial charge in [0.15, 0.2) is 11.6 Å². The number of rotatable bonds is 5. The van der Waals surface area contributed by atoms with Crippen molar-refractivity contribution in [3.8, 4) is 0 Å². The zero-order valence-electron chi connectivity index (χ0n) is 15.3. The van der Waals surface area contributed by atoms with Crippen LogP contribution in [0.3, 0.4) is 0 Å². The van der Waals surface area contributed by atoms with Crippen molar-refractivity contribution in [3.05, 3.63) is 60.0 Å². The summed E-state index contributed by atoms with van der Waals surface area (Å²) in [6, 6.07) is 10.9. The number of methoxy groups -OCH3 is 1. The summed E-state index contributed by atoms with van der Waals surface area (Å²) in [5.41, 5.74) is 8.64. The number of esters is 1. The molecule has 0 amide bonds. The average molecular weight is 364 g/mol. The molecule has 0 aliphatic rings. The lowest BCUT2D eigenvalue weighted by Gasteiger charge is -2.23. The van der Waals surface area contributed by atoms with Crippen LogP contribution >= 0.6 is 0 Å². The van der Waals surface area contributed by atoms with E-state index >= 15 is 0 Å². The van der Waals surface area contributed by atoms with Crippen LogP contribution in [0.15, 0.2) is 48.9 Å². The zero-order valence-corrected chi connectivity index (χ0v) is 15.3. The molecule has 8 heteroatoms. The number of nitrogens with zero attached hydrogens (tertiary/aromatic N) is 4. The Morgan fingerprint density at radius 3 is 2.63 bits per heavy atom. The number of benzene rings is 1. The van der Waals surface area contributed by atoms with Gasteiger partial charge in [-0.1, -0.05) is 18.2 Å². The van der Waals surface area contributed by atoms with Gasteiger partial charge in [0.1, 0.15) is 17.8 Å². The third-order valence-corrected chi connectivity index (χ3v) is 4.10. The van der Waals surface area contributed by atoms with E-state index in [4.69, 9.17) is 10.5 Å². The van der Waals surface area contributed by atoms with Crippen LogP contribution in [0.25, 0.3) is 0 Å². The molecule has 3 N–H and O–H groups in total. The lowest BCUT2D eigenvalue weighted by atomic mass is 10.1. The van der Waals surface area contributed by atoms with Gasteiger partial charge in [-0.2, -0.15) is 0 Å². The molecule has 0 spiro atoms. The molecule has 138 valence electrons.